The van der Waals surface area contributed by atoms with E-state index in [1.807, 2.05) is 24.3 Å². The fourth-order valence-corrected chi connectivity index (χ4v) is 8.62. The lowest BCUT2D eigenvalue weighted by Crippen LogP contribution is -2.60. The number of aromatic amines is 1. The van der Waals surface area contributed by atoms with E-state index in [1.165, 1.54) is 6.92 Å². The van der Waals surface area contributed by atoms with Gasteiger partial charge in [-0.05, 0) is 68.6 Å². The van der Waals surface area contributed by atoms with Crippen molar-refractivity contribution in [2.24, 2.45) is 55.1 Å². The Morgan fingerprint density at radius 3 is 1.75 bits per heavy atom. The number of nitrogens with two attached hydrogens (primary N) is 7. The second-order valence-electron chi connectivity index (χ2n) is 19.0. The number of guanidine groups is 3. The summed E-state index contributed by atoms with van der Waals surface area (Å²) in [5, 5.41) is 22.2. The number of amides is 9. The Hall–Kier alpha value is -8.98. The smallest absolute Gasteiger partial charge is 0.243 e. The van der Waals surface area contributed by atoms with Gasteiger partial charge in [0.25, 0.3) is 0 Å². The van der Waals surface area contributed by atoms with Crippen LogP contribution in [0.3, 0.4) is 0 Å². The quantitative estimate of drug-likeness (QED) is 0.0292. The zero-order chi connectivity index (χ0) is 57.9. The maximum absolute atomic E-state index is 14.7. The van der Waals surface area contributed by atoms with Crippen LogP contribution in [0.1, 0.15) is 88.7 Å². The molecule has 0 saturated carbocycles. The van der Waals surface area contributed by atoms with Crippen LogP contribution in [0.25, 0.3) is 10.9 Å². The Bertz CT molecular complexity index is 2650. The van der Waals surface area contributed by atoms with Crippen LogP contribution < -0.4 is 82.7 Å². The molecule has 1 fully saturated rings. The van der Waals surface area contributed by atoms with Gasteiger partial charge >= 0.3 is 0 Å². The predicted octanol–water partition coefficient (Wildman–Crippen LogP) is -3.91. The first-order valence-corrected chi connectivity index (χ1v) is 26.1. The first kappa shape index (κ1) is 62.6. The molecule has 430 valence electrons. The van der Waals surface area contributed by atoms with E-state index in [0.29, 0.717) is 30.4 Å². The first-order valence-electron chi connectivity index (χ1n) is 26.1. The monoisotopic (exact) mass is 1100 g/mol. The van der Waals surface area contributed by atoms with Gasteiger partial charge < -0.3 is 87.7 Å². The van der Waals surface area contributed by atoms with Gasteiger partial charge in [-0.25, -0.2) is 0 Å². The van der Waals surface area contributed by atoms with Gasteiger partial charge in [0.2, 0.25) is 53.2 Å². The Morgan fingerprint density at radius 2 is 1.15 bits per heavy atom. The zero-order valence-electron chi connectivity index (χ0n) is 44.4. The highest BCUT2D eigenvalue weighted by molar-refractivity contribution is 5.99. The minimum Gasteiger partial charge on any atom is -0.370 e. The summed E-state index contributed by atoms with van der Waals surface area (Å²) in [7, 11) is 0. The molecular weight excluding hydrogens is 1020 g/mol. The van der Waals surface area contributed by atoms with Crippen LogP contribution in [-0.2, 0) is 56.0 Å². The number of aromatic nitrogens is 1. The summed E-state index contributed by atoms with van der Waals surface area (Å²) in [6.45, 7) is 1.44. The molecule has 1 aliphatic rings. The number of rotatable bonds is 20. The lowest BCUT2D eigenvalue weighted by molar-refractivity contribution is -0.136. The molecule has 4 rings (SSSR count). The number of fused-ring (bicyclic) bond motifs is 1. The predicted molar refractivity (Wildman–Crippen MR) is 296 cm³/mol. The number of benzene rings is 2. The van der Waals surface area contributed by atoms with Gasteiger partial charge in [0.05, 0.1) is 6.42 Å². The second-order valence-corrected chi connectivity index (χ2v) is 19.0. The van der Waals surface area contributed by atoms with Crippen molar-refractivity contribution in [1.82, 2.24) is 47.5 Å². The molecule has 0 bridgehead atoms. The molecule has 2 aromatic carbocycles. The van der Waals surface area contributed by atoms with Crippen LogP contribution >= 0.6 is 0 Å². The van der Waals surface area contributed by atoms with E-state index in [4.69, 9.17) is 40.1 Å². The summed E-state index contributed by atoms with van der Waals surface area (Å²) in [6.07, 6.45) is 2.39. The van der Waals surface area contributed by atoms with Crippen molar-refractivity contribution in [2.75, 3.05) is 26.2 Å². The molecule has 9 amide bonds. The van der Waals surface area contributed by atoms with Crippen LogP contribution in [-0.4, -0.2) is 144 Å². The molecule has 28 heteroatoms. The molecular formula is C51H77N19O9. The highest BCUT2D eigenvalue weighted by Gasteiger charge is 2.35. The largest absolute Gasteiger partial charge is 0.370 e. The summed E-state index contributed by atoms with van der Waals surface area (Å²) in [5.41, 5.74) is 41.0. The third-order valence-corrected chi connectivity index (χ3v) is 12.6. The van der Waals surface area contributed by atoms with Crippen LogP contribution in [0.4, 0.5) is 0 Å². The van der Waals surface area contributed by atoms with E-state index < -0.39 is 102 Å². The molecule has 28 nitrogen and oxygen atoms in total. The lowest BCUT2D eigenvalue weighted by Gasteiger charge is -2.28. The molecule has 1 aromatic heterocycles. The number of hydrogen-bond acceptors (Lipinski definition) is 12. The molecule has 2 heterocycles. The highest BCUT2D eigenvalue weighted by atomic mass is 16.2. The number of para-hydroxylation sites is 1. The van der Waals surface area contributed by atoms with Crippen molar-refractivity contribution in [3.05, 3.63) is 71.9 Å². The average molecular weight is 1100 g/mol. The first-order chi connectivity index (χ1) is 37.7. The van der Waals surface area contributed by atoms with E-state index in [0.717, 1.165) is 10.9 Å². The molecule has 0 aliphatic carbocycles. The van der Waals surface area contributed by atoms with E-state index in [1.54, 1.807) is 36.5 Å². The maximum Gasteiger partial charge on any atom is 0.243 e. The van der Waals surface area contributed by atoms with Crippen molar-refractivity contribution < 1.29 is 43.2 Å². The van der Waals surface area contributed by atoms with Gasteiger partial charge in [-0.15, -0.1) is 0 Å². The highest BCUT2D eigenvalue weighted by Crippen LogP contribution is 2.20. The number of carbonyl (C=O) groups excluding carboxylic acids is 9. The Balaban J connectivity index is 1.79. The molecule has 7 atom stereocenters. The van der Waals surface area contributed by atoms with Gasteiger partial charge in [0, 0.05) is 63.0 Å². The van der Waals surface area contributed by atoms with Crippen molar-refractivity contribution in [3.63, 3.8) is 0 Å². The van der Waals surface area contributed by atoms with Gasteiger partial charge in [-0.1, -0.05) is 61.4 Å². The summed E-state index contributed by atoms with van der Waals surface area (Å²) in [6, 6.07) is 6.29. The summed E-state index contributed by atoms with van der Waals surface area (Å²) < 4.78 is 0. The molecule has 1 aliphatic heterocycles. The number of carbonyl (C=O) groups is 9. The number of primary amides is 1. The molecule has 0 radical (unpaired) electrons. The number of aliphatic imine (C=N–C) groups is 3. The van der Waals surface area contributed by atoms with Crippen molar-refractivity contribution in [3.8, 4) is 0 Å². The van der Waals surface area contributed by atoms with Crippen molar-refractivity contribution in [1.29, 1.82) is 0 Å². The zero-order valence-corrected chi connectivity index (χ0v) is 44.4. The third-order valence-electron chi connectivity index (χ3n) is 12.6. The van der Waals surface area contributed by atoms with E-state index >= 15 is 0 Å². The average Bonchev–Trinajstić information content (AvgIpc) is 3.86. The topological polar surface area (TPSA) is 485 Å². The number of nitrogens with one attached hydrogen (secondary N) is 9. The van der Waals surface area contributed by atoms with Gasteiger partial charge in [0.15, 0.2) is 17.9 Å². The Labute approximate surface area is 457 Å². The SMILES string of the molecule is CC(=O)N[C@@H](CCCN=C(N)N)C(=O)N[C@H]1CC(=O)NCCCCC[C@@H](C(N)=O)NC(=O)[C@H](Cc2c[nH]c3ccccc23)NC(=O)[C@H](CCCN=C(N)N)NC(=O)[C@@H](Cc2ccccc2)NC(=O)[C@H](CCCN=C(N)N)NC1=O. The minimum absolute atomic E-state index is 0.00981. The fraction of sp³-hybridized carbons (Fsp3) is 0.490. The van der Waals surface area contributed by atoms with E-state index in [2.05, 4.69) is 62.5 Å². The normalized spacial score (nSPS) is 20.7. The summed E-state index contributed by atoms with van der Waals surface area (Å²) >= 11 is 0. The van der Waals surface area contributed by atoms with Crippen LogP contribution in [0, 0.1) is 0 Å². The van der Waals surface area contributed by atoms with Gasteiger partial charge in [0.1, 0.15) is 42.3 Å². The third kappa shape index (κ3) is 22.6. The number of hydrogen-bond donors (Lipinski definition) is 16. The van der Waals surface area contributed by atoms with Crippen LogP contribution in [0.2, 0.25) is 0 Å². The van der Waals surface area contributed by atoms with Crippen molar-refractivity contribution in [2.45, 2.75) is 133 Å². The molecule has 0 spiro atoms. The van der Waals surface area contributed by atoms with E-state index in [9.17, 15) is 43.2 Å². The number of H-pyrrole nitrogens is 1. The maximum atomic E-state index is 14.7. The summed E-state index contributed by atoms with van der Waals surface area (Å²) in [5.74, 6) is -7.83. The molecule has 3 aromatic rings. The van der Waals surface area contributed by atoms with E-state index in [-0.39, 0.29) is 102 Å². The molecule has 23 N–H and O–H groups in total. The summed E-state index contributed by atoms with van der Waals surface area (Å²) in [4.78, 5) is 140. The molecule has 0 unspecified atom stereocenters. The standard InChI is InChI=1S/C51H77N19O9/c1-29(71)64-35(18-10-22-60-49(53)54)43(74)70-40-27-41(72)59-21-9-3-6-17-34(42(52)73)65-47(78)39(26-31-28-63-33-16-8-7-15-32(31)33)69-45(76)37(20-12-24-62-51(57)58)66-46(77)38(25-30-13-4-2-5-14-30)68-44(75)36(67-48(40)79)19-11-23-61-50(55)56/h2,4-5,7-8,13-16,28,34-40,63H,3,6,9-12,17-27H2,1H3,(H2,52,73)(H,59,72)(H,64,71)(H,65,78)(H,66,77)(H,67,79)(H,68,75)(H,69,76)(H,70,74)(H4,53,54,60)(H4,55,56,61)(H4,57,58,62)/t34-,35-,36-,37-,38+,39-,40-/m0/s1. The Morgan fingerprint density at radius 1 is 0.620 bits per heavy atom. The molecule has 79 heavy (non-hydrogen) atoms. The second kappa shape index (κ2) is 32.6. The molecule has 1 saturated heterocycles. The fourth-order valence-electron chi connectivity index (χ4n) is 8.62. The van der Waals surface area contributed by atoms with Crippen molar-refractivity contribution >= 4 is 81.9 Å². The number of nitrogens with zero attached hydrogens (tertiary/aromatic N) is 3. The minimum atomic E-state index is -1.64. The van der Waals surface area contributed by atoms with Gasteiger partial charge in [-0.2, -0.15) is 0 Å². The van der Waals surface area contributed by atoms with Gasteiger partial charge in [-0.3, -0.25) is 58.1 Å². The van der Waals surface area contributed by atoms with Crippen LogP contribution in [0.15, 0.2) is 75.8 Å². The lowest BCUT2D eigenvalue weighted by atomic mass is 10.0. The van der Waals surface area contributed by atoms with Crippen LogP contribution in [0.5, 0.6) is 0 Å². The Kier molecular flexibility index (Phi) is 25.8.